The van der Waals surface area contributed by atoms with E-state index in [1.165, 1.54) is 14.5 Å². The smallest absolute Gasteiger partial charge is 0.323 e. The molecule has 1 spiro atoms. The summed E-state index contributed by atoms with van der Waals surface area (Å²) in [6.07, 6.45) is 6.08. The Balaban J connectivity index is 1.37. The molecule has 1 aromatic heterocycles. The first-order chi connectivity index (χ1) is 13.6. The summed E-state index contributed by atoms with van der Waals surface area (Å²) in [6.45, 7) is 3.52. The Bertz CT molecular complexity index is 895. The third-order valence-corrected chi connectivity index (χ3v) is 8.10. The fourth-order valence-electron chi connectivity index (χ4n) is 5.28. The first kappa shape index (κ1) is 18.1. The monoisotopic (exact) mass is 399 g/mol. The Hall–Kier alpha value is -1.99. The number of nitrogens with one attached hydrogen (secondary N) is 2. The summed E-state index contributed by atoms with van der Waals surface area (Å²) in [6, 6.07) is 8.27. The Morgan fingerprint density at radius 3 is 2.93 bits per heavy atom. The number of carbonyl (C=O) groups is 2. The molecule has 2 N–H and O–H groups in total. The number of imide groups is 1. The maximum atomic E-state index is 13.3. The number of benzene rings is 1. The van der Waals surface area contributed by atoms with Crippen molar-refractivity contribution in [1.29, 1.82) is 0 Å². The minimum atomic E-state index is -0.667. The molecule has 2 saturated heterocycles. The number of aromatic nitrogens is 1. The van der Waals surface area contributed by atoms with Crippen LogP contribution in [-0.2, 0) is 4.79 Å². The van der Waals surface area contributed by atoms with Crippen molar-refractivity contribution < 1.29 is 14.5 Å². The molecule has 148 valence electrons. The lowest BCUT2D eigenvalue weighted by atomic mass is 9.73. The summed E-state index contributed by atoms with van der Waals surface area (Å²) in [5.41, 5.74) is 0.374. The number of thiazole rings is 1. The average molecular weight is 400 g/mol. The first-order valence-corrected chi connectivity index (χ1v) is 11.2. The van der Waals surface area contributed by atoms with Crippen molar-refractivity contribution in [2.45, 2.75) is 57.0 Å². The largest absolute Gasteiger partial charge is 0.329 e. The van der Waals surface area contributed by atoms with Gasteiger partial charge in [-0.15, -0.1) is 11.3 Å². The minimum Gasteiger partial charge on any atom is -0.323 e. The molecule has 7 heteroatoms. The van der Waals surface area contributed by atoms with E-state index in [-0.39, 0.29) is 23.9 Å². The maximum absolute atomic E-state index is 13.3. The zero-order chi connectivity index (χ0) is 19.3. The quantitative estimate of drug-likeness (QED) is 0.780. The number of urea groups is 1. The second-order valence-corrected chi connectivity index (χ2v) is 9.62. The van der Waals surface area contributed by atoms with E-state index in [1.807, 2.05) is 12.1 Å². The normalized spacial score (nSPS) is 33.2. The summed E-state index contributed by atoms with van der Waals surface area (Å²) in [7, 11) is 0. The Morgan fingerprint density at radius 1 is 1.25 bits per heavy atom. The van der Waals surface area contributed by atoms with Crippen LogP contribution in [0, 0.1) is 5.92 Å². The summed E-state index contributed by atoms with van der Waals surface area (Å²) in [5.74, 6) is 0.198. The van der Waals surface area contributed by atoms with Gasteiger partial charge in [0.2, 0.25) is 0 Å². The van der Waals surface area contributed by atoms with Crippen LogP contribution in [0.15, 0.2) is 24.3 Å². The molecule has 6 nitrogen and oxygen atoms in total. The van der Waals surface area contributed by atoms with Crippen LogP contribution < -0.4 is 10.2 Å². The van der Waals surface area contributed by atoms with Crippen molar-refractivity contribution in [1.82, 2.24) is 15.2 Å². The number of likely N-dealkylation sites (tertiary alicyclic amines) is 1. The SMILES string of the molecule is C[C@@H]1CCCC[C@@]12NC(=O)N(C[NH+]1CCC[C@@H]1c1nc3ccccc3s1)C2=O. The van der Waals surface area contributed by atoms with Gasteiger partial charge in [-0.3, -0.25) is 4.79 Å². The lowest BCUT2D eigenvalue weighted by Gasteiger charge is -2.37. The number of amides is 3. The van der Waals surface area contributed by atoms with Crippen molar-refractivity contribution in [2.75, 3.05) is 13.2 Å². The molecule has 1 unspecified atom stereocenters. The highest BCUT2D eigenvalue weighted by molar-refractivity contribution is 7.18. The van der Waals surface area contributed by atoms with Crippen molar-refractivity contribution in [3.63, 3.8) is 0 Å². The zero-order valence-electron chi connectivity index (χ0n) is 16.2. The van der Waals surface area contributed by atoms with E-state index in [9.17, 15) is 9.59 Å². The molecule has 0 radical (unpaired) electrons. The maximum Gasteiger partial charge on any atom is 0.329 e. The number of carbonyl (C=O) groups excluding carboxylic acids is 2. The van der Waals surface area contributed by atoms with Crippen LogP contribution in [0.5, 0.6) is 0 Å². The van der Waals surface area contributed by atoms with E-state index >= 15 is 0 Å². The number of fused-ring (bicyclic) bond motifs is 1. The Labute approximate surface area is 168 Å². The molecule has 1 aliphatic carbocycles. The molecular weight excluding hydrogens is 372 g/mol. The molecule has 0 bridgehead atoms. The molecule has 4 atom stereocenters. The summed E-state index contributed by atoms with van der Waals surface area (Å²) < 4.78 is 1.20. The highest BCUT2D eigenvalue weighted by Crippen LogP contribution is 2.38. The van der Waals surface area contributed by atoms with Crippen LogP contribution in [0.1, 0.15) is 56.5 Å². The number of nitrogens with zero attached hydrogens (tertiary/aromatic N) is 2. The van der Waals surface area contributed by atoms with Crippen molar-refractivity contribution in [3.05, 3.63) is 29.3 Å². The van der Waals surface area contributed by atoms with Gasteiger partial charge in [0, 0.05) is 12.8 Å². The lowest BCUT2D eigenvalue weighted by molar-refractivity contribution is -0.925. The number of hydrogen-bond donors (Lipinski definition) is 2. The third kappa shape index (κ3) is 2.75. The summed E-state index contributed by atoms with van der Waals surface area (Å²) in [5, 5.41) is 4.21. The predicted octanol–water partition coefficient (Wildman–Crippen LogP) is 2.47. The van der Waals surface area contributed by atoms with Gasteiger partial charge in [0.25, 0.3) is 5.91 Å². The van der Waals surface area contributed by atoms with Crippen LogP contribution in [0.3, 0.4) is 0 Å². The second kappa shape index (κ2) is 6.81. The van der Waals surface area contributed by atoms with Crippen molar-refractivity contribution in [2.24, 2.45) is 5.92 Å². The van der Waals surface area contributed by atoms with Gasteiger partial charge in [-0.05, 0) is 30.9 Å². The second-order valence-electron chi connectivity index (χ2n) is 8.56. The molecule has 3 heterocycles. The van der Waals surface area contributed by atoms with Gasteiger partial charge in [0.15, 0.2) is 11.7 Å². The number of para-hydroxylation sites is 1. The highest BCUT2D eigenvalue weighted by Gasteiger charge is 2.56. The molecule has 1 saturated carbocycles. The molecule has 3 fully saturated rings. The molecule has 1 aromatic carbocycles. The van der Waals surface area contributed by atoms with Crippen molar-refractivity contribution in [3.8, 4) is 0 Å². The van der Waals surface area contributed by atoms with Gasteiger partial charge < -0.3 is 10.2 Å². The molecule has 5 rings (SSSR count). The van der Waals surface area contributed by atoms with Gasteiger partial charge in [-0.2, -0.15) is 0 Å². The summed E-state index contributed by atoms with van der Waals surface area (Å²) in [4.78, 5) is 33.7. The van der Waals surface area contributed by atoms with E-state index < -0.39 is 5.54 Å². The standard InChI is InChI=1S/C21H26N4O2S/c1-14-7-4-5-11-21(14)19(26)25(20(27)23-21)13-24-12-6-9-16(24)18-22-15-8-2-3-10-17(15)28-18/h2-3,8,10,14,16H,4-7,9,11-13H2,1H3,(H,23,27)/p+1/t14-,16-,21-/m1/s1. The van der Waals surface area contributed by atoms with Crippen LogP contribution in [0.4, 0.5) is 4.79 Å². The van der Waals surface area contributed by atoms with E-state index in [4.69, 9.17) is 4.98 Å². The fourth-order valence-corrected chi connectivity index (χ4v) is 6.44. The third-order valence-electron chi connectivity index (χ3n) is 6.95. The van der Waals surface area contributed by atoms with Crippen LogP contribution in [0.2, 0.25) is 0 Å². The molecule has 3 amide bonds. The Kier molecular flexibility index (Phi) is 4.39. The van der Waals surface area contributed by atoms with Gasteiger partial charge in [-0.1, -0.05) is 31.9 Å². The first-order valence-electron chi connectivity index (χ1n) is 10.4. The number of hydrogen-bond acceptors (Lipinski definition) is 4. The molecule has 2 aliphatic heterocycles. The molecule has 28 heavy (non-hydrogen) atoms. The highest BCUT2D eigenvalue weighted by atomic mass is 32.1. The fraction of sp³-hybridized carbons (Fsp3) is 0.571. The van der Waals surface area contributed by atoms with Gasteiger partial charge in [0.05, 0.1) is 16.8 Å². The van der Waals surface area contributed by atoms with E-state index in [1.54, 1.807) is 11.3 Å². The van der Waals surface area contributed by atoms with Gasteiger partial charge in [0.1, 0.15) is 11.6 Å². The molecule has 2 aromatic rings. The van der Waals surface area contributed by atoms with Crippen molar-refractivity contribution >= 4 is 33.5 Å². The number of quaternary nitrogens is 1. The van der Waals surface area contributed by atoms with E-state index in [0.29, 0.717) is 6.67 Å². The minimum absolute atomic E-state index is 0.00727. The van der Waals surface area contributed by atoms with Gasteiger partial charge >= 0.3 is 6.03 Å². The Morgan fingerprint density at radius 2 is 2.11 bits per heavy atom. The van der Waals surface area contributed by atoms with Gasteiger partial charge in [-0.25, -0.2) is 14.7 Å². The predicted molar refractivity (Wildman–Crippen MR) is 108 cm³/mol. The summed E-state index contributed by atoms with van der Waals surface area (Å²) >= 11 is 1.74. The van der Waals surface area contributed by atoms with E-state index in [2.05, 4.69) is 24.4 Å². The van der Waals surface area contributed by atoms with Crippen LogP contribution in [0.25, 0.3) is 10.2 Å². The van der Waals surface area contributed by atoms with E-state index in [0.717, 1.165) is 55.6 Å². The number of rotatable bonds is 3. The lowest BCUT2D eigenvalue weighted by Crippen LogP contribution is -3.12. The zero-order valence-corrected chi connectivity index (χ0v) is 17.1. The topological polar surface area (TPSA) is 66.7 Å². The molecular formula is C21H27N4O2S+. The average Bonchev–Trinajstić information content (AvgIpc) is 3.38. The van der Waals surface area contributed by atoms with Crippen LogP contribution in [-0.4, -0.2) is 40.6 Å². The molecule has 3 aliphatic rings. The van der Waals surface area contributed by atoms with Crippen LogP contribution >= 0.6 is 11.3 Å².